The van der Waals surface area contributed by atoms with E-state index in [9.17, 15) is 14.7 Å². The van der Waals surface area contributed by atoms with Crippen LogP contribution in [-0.4, -0.2) is 46.4 Å². The second-order valence-electron chi connectivity index (χ2n) is 9.05. The Morgan fingerprint density at radius 2 is 1.31 bits per heavy atom. The molecule has 0 rings (SSSR count). The van der Waals surface area contributed by atoms with Gasteiger partial charge in [0, 0.05) is 23.1 Å². The molecular formula is C17H33N2O5Si2+. The van der Waals surface area contributed by atoms with E-state index in [0.717, 1.165) is 12.1 Å². The molecular weight excluding hydrogens is 368 g/mol. The van der Waals surface area contributed by atoms with Crippen LogP contribution in [0.25, 0.3) is 4.98 Å². The van der Waals surface area contributed by atoms with Crippen molar-refractivity contribution >= 4 is 28.1 Å². The molecule has 148 valence electrons. The minimum absolute atomic E-state index is 0.162. The highest BCUT2D eigenvalue weighted by Crippen LogP contribution is 2.32. The van der Waals surface area contributed by atoms with Crippen molar-refractivity contribution in [3.05, 3.63) is 16.4 Å². The molecule has 26 heavy (non-hydrogen) atoms. The molecule has 0 aromatic rings. The highest BCUT2D eigenvalue weighted by atomic mass is 28.3. The first-order valence-electron chi connectivity index (χ1n) is 8.75. The standard InChI is InChI=1S/C17H32N2O5Si2/c1-13(19-18)14(20)17(2,15(21)23-9-11-25(3,4)5)16(22)24-10-12-26(6,7)8/h9-12H2,1-8H3/p+1/b14-13+. The smallest absolute Gasteiger partial charge is 0.397 e. The number of hydrogen-bond donors (Lipinski definition) is 1. The fraction of sp³-hybridized carbons (Fsp3) is 0.765. The molecule has 0 aromatic heterocycles. The van der Waals surface area contributed by atoms with Crippen molar-refractivity contribution in [3.8, 4) is 0 Å². The second kappa shape index (κ2) is 9.32. The number of allylic oxidation sites excluding steroid dienone is 1. The number of carbonyl (C=O) groups excluding carboxylic acids is 2. The van der Waals surface area contributed by atoms with Gasteiger partial charge in [-0.1, -0.05) is 39.3 Å². The first kappa shape index (κ1) is 24.3. The van der Waals surface area contributed by atoms with Crippen molar-refractivity contribution in [1.29, 1.82) is 5.39 Å². The lowest BCUT2D eigenvalue weighted by Crippen LogP contribution is -2.42. The second-order valence-corrected chi connectivity index (χ2v) is 20.3. The van der Waals surface area contributed by atoms with E-state index in [-0.39, 0.29) is 18.9 Å². The third-order valence-corrected chi connectivity index (χ3v) is 7.36. The number of aliphatic hydroxyl groups is 1. The van der Waals surface area contributed by atoms with E-state index >= 15 is 0 Å². The van der Waals surface area contributed by atoms with Crippen LogP contribution in [-0.2, 0) is 19.1 Å². The normalized spacial score (nSPS) is 13.5. The number of esters is 2. The number of carbonyl (C=O) groups is 2. The Morgan fingerprint density at radius 1 is 0.962 bits per heavy atom. The molecule has 0 heterocycles. The van der Waals surface area contributed by atoms with Gasteiger partial charge in [0.25, 0.3) is 0 Å². The number of ether oxygens (including phenoxy) is 2. The van der Waals surface area contributed by atoms with Gasteiger partial charge in [0.05, 0.1) is 13.2 Å². The van der Waals surface area contributed by atoms with Gasteiger partial charge >= 0.3 is 17.6 Å². The van der Waals surface area contributed by atoms with Gasteiger partial charge in [-0.15, -0.1) is 0 Å². The summed E-state index contributed by atoms with van der Waals surface area (Å²) in [6.45, 7) is 15.7. The molecule has 0 atom stereocenters. The van der Waals surface area contributed by atoms with E-state index in [4.69, 9.17) is 14.9 Å². The maximum absolute atomic E-state index is 12.6. The maximum Gasteiger partial charge on any atom is 0.397 e. The van der Waals surface area contributed by atoms with Crippen molar-refractivity contribution in [2.24, 2.45) is 5.41 Å². The van der Waals surface area contributed by atoms with Crippen LogP contribution in [0.2, 0.25) is 51.4 Å². The summed E-state index contributed by atoms with van der Waals surface area (Å²) in [5.74, 6) is -2.49. The van der Waals surface area contributed by atoms with Gasteiger partial charge in [-0.05, 0) is 19.0 Å². The minimum Gasteiger partial charge on any atom is -0.504 e. The van der Waals surface area contributed by atoms with Crippen LogP contribution >= 0.6 is 0 Å². The van der Waals surface area contributed by atoms with E-state index in [1.807, 2.05) is 0 Å². The number of hydrogen-bond acceptors (Lipinski definition) is 6. The Hall–Kier alpha value is -1.67. The number of rotatable bonds is 9. The molecule has 0 saturated carbocycles. The van der Waals surface area contributed by atoms with Gasteiger partial charge in [-0.3, -0.25) is 9.59 Å². The van der Waals surface area contributed by atoms with Crippen molar-refractivity contribution in [2.45, 2.75) is 65.2 Å². The van der Waals surface area contributed by atoms with E-state index in [0.29, 0.717) is 0 Å². The van der Waals surface area contributed by atoms with E-state index in [1.54, 1.807) is 0 Å². The Balaban J connectivity index is 5.41. The molecule has 0 aromatic carbocycles. The predicted octanol–water partition coefficient (Wildman–Crippen LogP) is 4.40. The molecule has 0 aliphatic heterocycles. The molecule has 0 aliphatic carbocycles. The lowest BCUT2D eigenvalue weighted by atomic mass is 9.87. The summed E-state index contributed by atoms with van der Waals surface area (Å²) in [6, 6.07) is 1.46. The summed E-state index contributed by atoms with van der Waals surface area (Å²) in [4.78, 5) is 28.1. The predicted molar refractivity (Wildman–Crippen MR) is 107 cm³/mol. The van der Waals surface area contributed by atoms with Crippen LogP contribution < -0.4 is 0 Å². The first-order valence-corrected chi connectivity index (χ1v) is 16.2. The van der Waals surface area contributed by atoms with Crippen LogP contribution in [0.3, 0.4) is 0 Å². The molecule has 9 heteroatoms. The van der Waals surface area contributed by atoms with Crippen LogP contribution in [0.5, 0.6) is 0 Å². The Labute approximate surface area is 158 Å². The average Bonchev–Trinajstić information content (AvgIpc) is 2.49. The lowest BCUT2D eigenvalue weighted by molar-refractivity contribution is -0.169. The van der Waals surface area contributed by atoms with Crippen LogP contribution in [0.4, 0.5) is 0 Å². The first-order chi connectivity index (χ1) is 11.6. The quantitative estimate of drug-likeness (QED) is 0.202. The summed E-state index contributed by atoms with van der Waals surface area (Å²) in [6.07, 6.45) is 0. The molecule has 0 radical (unpaired) electrons. The molecule has 1 N–H and O–H groups in total. The molecule has 0 aliphatic rings. The molecule has 0 fully saturated rings. The summed E-state index contributed by atoms with van der Waals surface area (Å²) in [7, 11) is -2.86. The maximum atomic E-state index is 12.6. The van der Waals surface area contributed by atoms with Crippen molar-refractivity contribution in [3.63, 3.8) is 0 Å². The molecule has 0 unspecified atom stereocenters. The molecule has 0 amide bonds. The Morgan fingerprint density at radius 3 is 1.58 bits per heavy atom. The fourth-order valence-electron chi connectivity index (χ4n) is 1.87. The highest BCUT2D eigenvalue weighted by molar-refractivity contribution is 6.76. The number of nitrogens with zero attached hydrogens (tertiary/aromatic N) is 2. The average molecular weight is 402 g/mol. The zero-order chi connectivity index (χ0) is 20.8. The van der Waals surface area contributed by atoms with Crippen LogP contribution in [0, 0.1) is 10.8 Å². The highest BCUT2D eigenvalue weighted by Gasteiger charge is 2.52. The van der Waals surface area contributed by atoms with Gasteiger partial charge in [-0.25, -0.2) is 0 Å². The van der Waals surface area contributed by atoms with Crippen molar-refractivity contribution in [1.82, 2.24) is 0 Å². The number of diazo groups is 1. The van der Waals surface area contributed by atoms with Gasteiger partial charge < -0.3 is 14.6 Å². The summed E-state index contributed by atoms with van der Waals surface area (Å²) >= 11 is 0. The minimum atomic E-state index is -2.06. The van der Waals surface area contributed by atoms with Gasteiger partial charge in [0.1, 0.15) is 0 Å². The summed E-state index contributed by atoms with van der Waals surface area (Å²) in [5.41, 5.74) is -2.30. The summed E-state index contributed by atoms with van der Waals surface area (Å²) in [5, 5.41) is 19.2. The van der Waals surface area contributed by atoms with Crippen LogP contribution in [0.1, 0.15) is 13.8 Å². The number of aliphatic hydroxyl groups excluding tert-OH is 1. The monoisotopic (exact) mass is 401 g/mol. The molecule has 0 saturated heterocycles. The topological polar surface area (TPSA) is 101 Å². The van der Waals surface area contributed by atoms with Gasteiger partial charge in [0.15, 0.2) is 4.98 Å². The molecule has 7 nitrogen and oxygen atoms in total. The van der Waals surface area contributed by atoms with Gasteiger partial charge in [-0.2, -0.15) is 0 Å². The lowest BCUT2D eigenvalue weighted by Gasteiger charge is -2.25. The van der Waals surface area contributed by atoms with Crippen molar-refractivity contribution in [2.75, 3.05) is 13.2 Å². The van der Waals surface area contributed by atoms with E-state index in [2.05, 4.69) is 44.3 Å². The van der Waals surface area contributed by atoms with Crippen molar-refractivity contribution < 1.29 is 24.2 Å². The zero-order valence-electron chi connectivity index (χ0n) is 17.3. The van der Waals surface area contributed by atoms with E-state index < -0.39 is 39.3 Å². The summed E-state index contributed by atoms with van der Waals surface area (Å²) < 4.78 is 10.5. The Kier molecular flexibility index (Phi) is 8.72. The third-order valence-electron chi connectivity index (χ3n) is 3.95. The molecule has 0 bridgehead atoms. The third kappa shape index (κ3) is 7.70. The molecule has 0 spiro atoms. The fourth-order valence-corrected chi connectivity index (χ4v) is 3.30. The Bertz CT molecular complexity index is 566. The van der Waals surface area contributed by atoms with Gasteiger partial charge in [0.2, 0.25) is 16.6 Å². The largest absolute Gasteiger partial charge is 0.504 e. The SMILES string of the molecule is C/C([N+]#N)=C(\O)C(C)(C(=O)OCC[Si](C)(C)C)C(=O)OCC[Si](C)(C)C. The van der Waals surface area contributed by atoms with E-state index in [1.165, 1.54) is 13.8 Å². The zero-order valence-corrected chi connectivity index (χ0v) is 19.3. The van der Waals surface area contributed by atoms with Crippen LogP contribution in [0.15, 0.2) is 11.5 Å².